The van der Waals surface area contributed by atoms with Crippen LogP contribution in [0.5, 0.6) is 11.5 Å². The molecule has 0 spiro atoms. The van der Waals surface area contributed by atoms with E-state index in [1.807, 2.05) is 0 Å². The molecule has 3 rings (SSSR count). The molecule has 0 aliphatic carbocycles. The van der Waals surface area contributed by atoms with Gasteiger partial charge < -0.3 is 35.5 Å². The van der Waals surface area contributed by atoms with Crippen LogP contribution in [0.4, 0.5) is 0 Å². The summed E-state index contributed by atoms with van der Waals surface area (Å²) >= 11 is 0. The van der Waals surface area contributed by atoms with Crippen LogP contribution in [0.1, 0.15) is 35.5 Å². The first-order valence-corrected chi connectivity index (χ1v) is 13.6. The Bertz CT molecular complexity index is 1310. The van der Waals surface area contributed by atoms with E-state index in [-0.39, 0.29) is 24.5 Å². The van der Waals surface area contributed by atoms with E-state index in [0.29, 0.717) is 11.5 Å². The van der Waals surface area contributed by atoms with E-state index in [2.05, 4.69) is 20.9 Å². The number of carbonyl (C=O) groups is 3. The van der Waals surface area contributed by atoms with Gasteiger partial charge in [0, 0.05) is 12.6 Å². The van der Waals surface area contributed by atoms with Crippen molar-refractivity contribution in [2.24, 2.45) is 5.92 Å². The van der Waals surface area contributed by atoms with Gasteiger partial charge in [0.1, 0.15) is 29.3 Å². The van der Waals surface area contributed by atoms with Crippen LogP contribution in [0.2, 0.25) is 0 Å². The molecule has 0 saturated heterocycles. The van der Waals surface area contributed by atoms with Crippen LogP contribution in [-0.4, -0.2) is 72.1 Å². The minimum absolute atomic E-state index is 0.131. The van der Waals surface area contributed by atoms with E-state index in [1.165, 1.54) is 12.3 Å². The van der Waals surface area contributed by atoms with E-state index in [4.69, 9.17) is 9.47 Å². The molecule has 5 N–H and O–H groups in total. The van der Waals surface area contributed by atoms with Crippen LogP contribution < -0.4 is 25.4 Å². The predicted octanol–water partition coefficient (Wildman–Crippen LogP) is 1.32. The van der Waals surface area contributed by atoms with E-state index in [0.717, 1.165) is 11.1 Å². The molecule has 0 fully saturated rings. The normalized spacial score (nSPS) is 12.9. The Kier molecular flexibility index (Phi) is 11.9. The summed E-state index contributed by atoms with van der Waals surface area (Å²) in [7, 11) is 1.24. The maximum absolute atomic E-state index is 13.6. The number of nitrogens with zero attached hydrogens (tertiary/aromatic N) is 1. The molecule has 11 nitrogen and oxygen atoms in total. The number of carbonyl (C=O) groups excluding carboxylic acids is 3. The Morgan fingerprint density at radius 1 is 0.786 bits per heavy atom. The maximum Gasteiger partial charge on any atom is 0.475 e. The smallest absolute Gasteiger partial charge is 0.475 e. The van der Waals surface area contributed by atoms with Crippen molar-refractivity contribution in [2.45, 2.75) is 44.7 Å². The molecule has 12 heteroatoms. The number of hydrogen-bond acceptors (Lipinski definition) is 8. The Morgan fingerprint density at radius 2 is 1.36 bits per heavy atom. The summed E-state index contributed by atoms with van der Waals surface area (Å²) in [5, 5.41) is 28.1. The first-order chi connectivity index (χ1) is 20.1. The van der Waals surface area contributed by atoms with E-state index in [1.54, 1.807) is 88.7 Å². The van der Waals surface area contributed by atoms with Crippen molar-refractivity contribution >= 4 is 24.8 Å². The minimum Gasteiger partial charge on any atom is -0.497 e. The highest BCUT2D eigenvalue weighted by Gasteiger charge is 2.33. The highest BCUT2D eigenvalue weighted by molar-refractivity contribution is 6.43. The van der Waals surface area contributed by atoms with Gasteiger partial charge in [-0.1, -0.05) is 44.2 Å². The van der Waals surface area contributed by atoms with Crippen LogP contribution >= 0.6 is 0 Å². The van der Waals surface area contributed by atoms with Gasteiger partial charge in [-0.3, -0.25) is 19.4 Å². The van der Waals surface area contributed by atoms with Gasteiger partial charge in [-0.05, 0) is 59.9 Å². The molecule has 3 aromatic rings. The monoisotopic (exact) mass is 576 g/mol. The van der Waals surface area contributed by atoms with Crippen molar-refractivity contribution in [2.75, 3.05) is 14.2 Å². The van der Waals surface area contributed by atoms with Gasteiger partial charge >= 0.3 is 7.12 Å². The van der Waals surface area contributed by atoms with Gasteiger partial charge in [-0.2, -0.15) is 0 Å². The lowest BCUT2D eigenvalue weighted by Gasteiger charge is -2.27. The fraction of sp³-hybridized carbons (Fsp3) is 0.333. The van der Waals surface area contributed by atoms with E-state index >= 15 is 0 Å². The topological polar surface area (TPSA) is 159 Å². The average molecular weight is 576 g/mol. The third-order valence-electron chi connectivity index (χ3n) is 6.67. The zero-order valence-corrected chi connectivity index (χ0v) is 24.1. The molecule has 0 aliphatic heterocycles. The molecular weight excluding hydrogens is 539 g/mol. The van der Waals surface area contributed by atoms with E-state index < -0.39 is 42.9 Å². The summed E-state index contributed by atoms with van der Waals surface area (Å²) in [5.74, 6) is -1.83. The number of ether oxygens (including phenoxy) is 2. The Morgan fingerprint density at radius 3 is 1.83 bits per heavy atom. The summed E-state index contributed by atoms with van der Waals surface area (Å²) in [6.45, 7) is 3.51. The number of aromatic nitrogens is 1. The highest BCUT2D eigenvalue weighted by atomic mass is 16.5. The number of pyridine rings is 1. The van der Waals surface area contributed by atoms with Crippen LogP contribution in [0.3, 0.4) is 0 Å². The Hall–Kier alpha value is -4.42. The number of hydrogen-bond donors (Lipinski definition) is 5. The predicted molar refractivity (Wildman–Crippen MR) is 158 cm³/mol. The van der Waals surface area contributed by atoms with Crippen LogP contribution in [0.15, 0.2) is 72.9 Å². The lowest BCUT2D eigenvalue weighted by molar-refractivity contribution is -0.131. The number of methoxy groups -OCH3 is 2. The molecule has 3 amide bonds. The molecule has 222 valence electrons. The number of benzene rings is 2. The molecule has 0 radical (unpaired) electrons. The van der Waals surface area contributed by atoms with Gasteiger partial charge in [0.15, 0.2) is 0 Å². The quantitative estimate of drug-likeness (QED) is 0.180. The first-order valence-electron chi connectivity index (χ1n) is 13.6. The zero-order chi connectivity index (χ0) is 30.6. The number of rotatable bonds is 14. The highest BCUT2D eigenvalue weighted by Crippen LogP contribution is 2.15. The second-order valence-corrected chi connectivity index (χ2v) is 10.1. The summed E-state index contributed by atoms with van der Waals surface area (Å²) in [4.78, 5) is 43.9. The molecule has 1 heterocycles. The fourth-order valence-corrected chi connectivity index (χ4v) is 4.24. The van der Waals surface area contributed by atoms with Crippen LogP contribution in [0.25, 0.3) is 0 Å². The van der Waals surface area contributed by atoms with Crippen molar-refractivity contribution in [1.29, 1.82) is 0 Å². The molecule has 1 aromatic heterocycles. The van der Waals surface area contributed by atoms with Gasteiger partial charge in [0.05, 0.1) is 20.2 Å². The summed E-state index contributed by atoms with van der Waals surface area (Å²) in [6.07, 6.45) is 1.74. The second-order valence-electron chi connectivity index (χ2n) is 10.1. The largest absolute Gasteiger partial charge is 0.497 e. The fourth-order valence-electron chi connectivity index (χ4n) is 4.24. The number of amides is 3. The van der Waals surface area contributed by atoms with Gasteiger partial charge in [-0.15, -0.1) is 0 Å². The SMILES string of the molecule is COc1ccc(C[C@H](NC(=O)[C@@H](NC(=O)[C@H](Cc2ccc(OC)cc2)NC(=O)c2ccccn2)C(C)C)B(O)O)cc1. The van der Waals surface area contributed by atoms with Crippen molar-refractivity contribution in [3.8, 4) is 11.5 Å². The number of nitrogens with one attached hydrogen (secondary N) is 3. The summed E-state index contributed by atoms with van der Waals surface area (Å²) in [6, 6.07) is 16.9. The van der Waals surface area contributed by atoms with Crippen molar-refractivity contribution in [3.63, 3.8) is 0 Å². The van der Waals surface area contributed by atoms with Crippen LogP contribution in [0, 0.1) is 5.92 Å². The molecule has 3 atom stereocenters. The molecule has 0 aliphatic rings. The van der Waals surface area contributed by atoms with Crippen molar-refractivity contribution in [1.82, 2.24) is 20.9 Å². The third kappa shape index (κ3) is 9.32. The zero-order valence-electron chi connectivity index (χ0n) is 24.1. The van der Waals surface area contributed by atoms with E-state index in [9.17, 15) is 24.4 Å². The summed E-state index contributed by atoms with van der Waals surface area (Å²) in [5.41, 5.74) is 1.64. The molecular formula is C30H37BN4O7. The summed E-state index contributed by atoms with van der Waals surface area (Å²) < 4.78 is 10.4. The molecule has 42 heavy (non-hydrogen) atoms. The molecule has 0 saturated carbocycles. The third-order valence-corrected chi connectivity index (χ3v) is 6.67. The lowest BCUT2D eigenvalue weighted by Crippen LogP contribution is -2.59. The molecule has 0 bridgehead atoms. The average Bonchev–Trinajstić information content (AvgIpc) is 2.99. The minimum atomic E-state index is -1.85. The van der Waals surface area contributed by atoms with Gasteiger partial charge in [-0.25, -0.2) is 0 Å². The van der Waals surface area contributed by atoms with Crippen LogP contribution in [-0.2, 0) is 22.4 Å². The standard InChI is InChI=1S/C30H37BN4O7/c1-19(2)27(30(38)34-26(31(39)40)18-21-10-14-23(42-4)15-11-21)35-29(37)25(17-20-8-12-22(41-3)13-9-20)33-28(36)24-7-5-6-16-32-24/h5-16,19,25-27,39-40H,17-18H2,1-4H3,(H,33,36)(H,34,38)(H,35,37)/t25-,26-,27-/m0/s1. The lowest BCUT2D eigenvalue weighted by atomic mass is 9.75. The Labute approximate surface area is 245 Å². The van der Waals surface area contributed by atoms with Crippen molar-refractivity contribution in [3.05, 3.63) is 89.7 Å². The maximum atomic E-state index is 13.6. The van der Waals surface area contributed by atoms with Gasteiger partial charge in [0.2, 0.25) is 11.8 Å². The Balaban J connectivity index is 1.77. The van der Waals surface area contributed by atoms with Gasteiger partial charge in [0.25, 0.3) is 5.91 Å². The second kappa shape index (κ2) is 15.5. The first kappa shape index (κ1) is 32.1. The van der Waals surface area contributed by atoms with Crippen molar-refractivity contribution < 1.29 is 33.9 Å². The molecule has 2 aromatic carbocycles. The molecule has 0 unspecified atom stereocenters.